The highest BCUT2D eigenvalue weighted by atomic mass is 16.5. The molecule has 184 valence electrons. The number of hydrogen-bond acceptors (Lipinski definition) is 4. The fourth-order valence-electron chi connectivity index (χ4n) is 7.22. The highest BCUT2D eigenvalue weighted by molar-refractivity contribution is 5.99. The monoisotopic (exact) mass is 480 g/mol. The Morgan fingerprint density at radius 2 is 1.36 bits per heavy atom. The van der Waals surface area contributed by atoms with Crippen molar-refractivity contribution in [2.75, 3.05) is 17.2 Å². The minimum Gasteiger partial charge on any atom is -0.452 e. The molecule has 4 saturated carbocycles. The van der Waals surface area contributed by atoms with E-state index in [0.717, 1.165) is 29.1 Å². The van der Waals surface area contributed by atoms with Crippen molar-refractivity contribution in [2.45, 2.75) is 43.9 Å². The van der Waals surface area contributed by atoms with Crippen LogP contribution in [0.15, 0.2) is 78.9 Å². The van der Waals surface area contributed by atoms with Crippen LogP contribution in [0, 0.1) is 17.8 Å². The van der Waals surface area contributed by atoms with Crippen LogP contribution in [0.1, 0.15) is 54.4 Å². The van der Waals surface area contributed by atoms with E-state index in [2.05, 4.69) is 22.8 Å². The summed E-state index contributed by atoms with van der Waals surface area (Å²) in [7, 11) is 0. The third kappa shape index (κ3) is 4.62. The van der Waals surface area contributed by atoms with Crippen molar-refractivity contribution < 1.29 is 14.3 Å². The largest absolute Gasteiger partial charge is 0.452 e. The molecule has 0 heterocycles. The number of nitrogens with one attached hydrogen (secondary N) is 2. The first-order chi connectivity index (χ1) is 17.6. The third-order valence-corrected chi connectivity index (χ3v) is 8.35. The van der Waals surface area contributed by atoms with Gasteiger partial charge in [0.05, 0.1) is 11.3 Å². The van der Waals surface area contributed by atoms with Gasteiger partial charge in [0.1, 0.15) is 0 Å². The molecular formula is C31H32N2O3. The molecule has 0 aromatic heterocycles. The number of ether oxygens (including phenoxy) is 1. The van der Waals surface area contributed by atoms with Crippen molar-refractivity contribution in [2.24, 2.45) is 17.8 Å². The fourth-order valence-corrected chi connectivity index (χ4v) is 7.22. The zero-order chi connectivity index (χ0) is 24.5. The van der Waals surface area contributed by atoms with Crippen LogP contribution in [0.2, 0.25) is 0 Å². The van der Waals surface area contributed by atoms with Gasteiger partial charge >= 0.3 is 5.97 Å². The van der Waals surface area contributed by atoms with E-state index in [0.29, 0.717) is 16.7 Å². The molecule has 4 bridgehead atoms. The number of amides is 1. The molecule has 0 saturated heterocycles. The van der Waals surface area contributed by atoms with Gasteiger partial charge in [0, 0.05) is 11.4 Å². The summed E-state index contributed by atoms with van der Waals surface area (Å²) in [6, 6.07) is 25.1. The molecule has 3 aromatic rings. The molecule has 0 radical (unpaired) electrons. The number of carbonyl (C=O) groups excluding carboxylic acids is 2. The Morgan fingerprint density at radius 1 is 0.750 bits per heavy atom. The molecular weight excluding hydrogens is 448 g/mol. The summed E-state index contributed by atoms with van der Waals surface area (Å²) in [5.41, 5.74) is 4.38. The van der Waals surface area contributed by atoms with Gasteiger partial charge < -0.3 is 15.4 Å². The van der Waals surface area contributed by atoms with Crippen LogP contribution in [0.5, 0.6) is 0 Å². The number of carbonyl (C=O) groups is 2. The molecule has 0 unspecified atom stereocenters. The van der Waals surface area contributed by atoms with E-state index in [-0.39, 0.29) is 12.5 Å². The maximum atomic E-state index is 12.7. The van der Waals surface area contributed by atoms with Crippen LogP contribution in [0.25, 0.3) is 0 Å². The van der Waals surface area contributed by atoms with Crippen LogP contribution >= 0.6 is 0 Å². The van der Waals surface area contributed by atoms with Crippen molar-refractivity contribution >= 4 is 28.9 Å². The lowest BCUT2D eigenvalue weighted by Gasteiger charge is -2.57. The second-order valence-electron chi connectivity index (χ2n) is 10.9. The molecule has 4 fully saturated rings. The van der Waals surface area contributed by atoms with Crippen LogP contribution in [-0.2, 0) is 14.9 Å². The van der Waals surface area contributed by atoms with E-state index in [1.165, 1.54) is 44.1 Å². The number of benzene rings is 3. The predicted octanol–water partition coefficient (Wildman–Crippen LogP) is 6.69. The first-order valence-corrected chi connectivity index (χ1v) is 13.0. The molecule has 1 amide bonds. The van der Waals surface area contributed by atoms with E-state index in [1.54, 1.807) is 12.1 Å². The van der Waals surface area contributed by atoms with E-state index in [9.17, 15) is 9.59 Å². The molecule has 4 aliphatic carbocycles. The van der Waals surface area contributed by atoms with Gasteiger partial charge in [-0.15, -0.1) is 0 Å². The third-order valence-electron chi connectivity index (χ3n) is 8.35. The fraction of sp³-hybridized carbons (Fsp3) is 0.355. The summed E-state index contributed by atoms with van der Waals surface area (Å²) >= 11 is 0. The number of rotatable bonds is 7. The summed E-state index contributed by atoms with van der Waals surface area (Å²) in [6.07, 6.45) is 8.25. The number of esters is 1. The molecule has 0 atom stereocenters. The Balaban J connectivity index is 1.05. The lowest BCUT2D eigenvalue weighted by Crippen LogP contribution is -2.48. The first kappa shape index (κ1) is 22.8. The van der Waals surface area contributed by atoms with Crippen LogP contribution in [-0.4, -0.2) is 18.5 Å². The smallest absolute Gasteiger partial charge is 0.340 e. The average Bonchev–Trinajstić information content (AvgIpc) is 2.88. The Kier molecular flexibility index (Phi) is 6.00. The van der Waals surface area contributed by atoms with Gasteiger partial charge in [-0.1, -0.05) is 42.5 Å². The van der Waals surface area contributed by atoms with Gasteiger partial charge in [0.25, 0.3) is 5.91 Å². The van der Waals surface area contributed by atoms with Gasteiger partial charge in [-0.05, 0) is 104 Å². The SMILES string of the molecule is O=C(COC(=O)c1ccccc1Nc1ccccc1)Nc1ccc(C23CC4CC(CC(C4)C2)C3)cc1. The summed E-state index contributed by atoms with van der Waals surface area (Å²) in [5.74, 6) is 1.82. The van der Waals surface area contributed by atoms with Crippen LogP contribution in [0.4, 0.5) is 17.1 Å². The average molecular weight is 481 g/mol. The molecule has 0 aliphatic heterocycles. The maximum absolute atomic E-state index is 12.7. The molecule has 0 spiro atoms. The maximum Gasteiger partial charge on any atom is 0.340 e. The summed E-state index contributed by atoms with van der Waals surface area (Å²) in [5, 5.41) is 6.10. The van der Waals surface area contributed by atoms with Crippen LogP contribution in [0.3, 0.4) is 0 Å². The van der Waals surface area contributed by atoms with Crippen molar-refractivity contribution in [1.29, 1.82) is 0 Å². The summed E-state index contributed by atoms with van der Waals surface area (Å²) in [6.45, 7) is -0.338. The van der Waals surface area contributed by atoms with Crippen molar-refractivity contribution in [3.63, 3.8) is 0 Å². The lowest BCUT2D eigenvalue weighted by molar-refractivity contribution is -0.119. The molecule has 36 heavy (non-hydrogen) atoms. The lowest BCUT2D eigenvalue weighted by atomic mass is 9.48. The summed E-state index contributed by atoms with van der Waals surface area (Å²) < 4.78 is 5.34. The Hall–Kier alpha value is -3.60. The van der Waals surface area contributed by atoms with Gasteiger partial charge in [0.2, 0.25) is 0 Å². The number of anilines is 3. The molecule has 5 nitrogen and oxygen atoms in total. The molecule has 4 aliphatic rings. The quantitative estimate of drug-likeness (QED) is 0.370. The minimum absolute atomic E-state index is 0.338. The van der Waals surface area contributed by atoms with Crippen molar-refractivity contribution in [3.05, 3.63) is 90.0 Å². The second kappa shape index (κ2) is 9.45. The topological polar surface area (TPSA) is 67.4 Å². The molecule has 7 rings (SSSR count). The Morgan fingerprint density at radius 3 is 2.03 bits per heavy atom. The Labute approximate surface area is 212 Å². The first-order valence-electron chi connectivity index (χ1n) is 13.0. The van der Waals surface area contributed by atoms with Crippen molar-refractivity contribution in [1.82, 2.24) is 0 Å². The van der Waals surface area contributed by atoms with E-state index in [4.69, 9.17) is 4.74 Å². The van der Waals surface area contributed by atoms with Crippen molar-refractivity contribution in [3.8, 4) is 0 Å². The minimum atomic E-state index is -0.540. The number of para-hydroxylation sites is 2. The molecule has 2 N–H and O–H groups in total. The van der Waals surface area contributed by atoms with Gasteiger partial charge in [-0.3, -0.25) is 4.79 Å². The predicted molar refractivity (Wildman–Crippen MR) is 141 cm³/mol. The Bertz CT molecular complexity index is 1220. The zero-order valence-electron chi connectivity index (χ0n) is 20.4. The van der Waals surface area contributed by atoms with Crippen LogP contribution < -0.4 is 10.6 Å². The van der Waals surface area contributed by atoms with E-state index < -0.39 is 5.97 Å². The number of hydrogen-bond donors (Lipinski definition) is 2. The summed E-state index contributed by atoms with van der Waals surface area (Å²) in [4.78, 5) is 25.2. The normalized spacial score (nSPS) is 25.8. The standard InChI is InChI=1S/C31H32N2O3/c34-29(20-36-30(35)27-8-4-5-9-28(27)32-25-6-2-1-3-7-25)33-26-12-10-24(11-13-26)31-17-21-14-22(18-31)16-23(15-21)19-31/h1-13,21-23,32H,14-20H2,(H,33,34). The highest BCUT2D eigenvalue weighted by Gasteiger charge is 2.51. The van der Waals surface area contributed by atoms with Gasteiger partial charge in [-0.2, -0.15) is 0 Å². The molecule has 5 heteroatoms. The van der Waals surface area contributed by atoms with E-state index >= 15 is 0 Å². The molecule has 3 aromatic carbocycles. The highest BCUT2D eigenvalue weighted by Crippen LogP contribution is 2.60. The zero-order valence-corrected chi connectivity index (χ0v) is 20.4. The second-order valence-corrected chi connectivity index (χ2v) is 10.9. The van der Waals surface area contributed by atoms with Gasteiger partial charge in [0.15, 0.2) is 6.61 Å². The van der Waals surface area contributed by atoms with Gasteiger partial charge in [-0.25, -0.2) is 4.79 Å². The van der Waals surface area contributed by atoms with E-state index in [1.807, 2.05) is 54.6 Å².